The van der Waals surface area contributed by atoms with Crippen molar-refractivity contribution in [1.29, 1.82) is 0 Å². The lowest BCUT2D eigenvalue weighted by molar-refractivity contribution is 0.0927. The minimum atomic E-state index is -0.256. The lowest BCUT2D eigenvalue weighted by Gasteiger charge is -2.28. The first-order valence-corrected chi connectivity index (χ1v) is 9.34. The van der Waals surface area contributed by atoms with E-state index < -0.39 is 0 Å². The number of nitrogens with one attached hydrogen (secondary N) is 1. The Bertz CT molecular complexity index is 808. The van der Waals surface area contributed by atoms with Gasteiger partial charge in [0.25, 0.3) is 5.91 Å². The van der Waals surface area contributed by atoms with Gasteiger partial charge < -0.3 is 15.0 Å². The van der Waals surface area contributed by atoms with Crippen molar-refractivity contribution >= 4 is 23.5 Å². The molecular formula is C19H21ClN4O2. The third-order valence-corrected chi connectivity index (χ3v) is 5.19. The molecule has 4 rings (SSSR count). The summed E-state index contributed by atoms with van der Waals surface area (Å²) in [6.07, 6.45) is 4.53. The van der Waals surface area contributed by atoms with E-state index in [4.69, 9.17) is 16.3 Å². The van der Waals surface area contributed by atoms with Crippen LogP contribution in [-0.2, 0) is 11.2 Å². The fourth-order valence-corrected chi connectivity index (χ4v) is 3.74. The number of rotatable bonds is 3. The van der Waals surface area contributed by atoms with Crippen LogP contribution in [0.1, 0.15) is 40.5 Å². The van der Waals surface area contributed by atoms with Crippen molar-refractivity contribution in [3.05, 3.63) is 52.3 Å². The zero-order chi connectivity index (χ0) is 17.9. The average Bonchev–Trinajstić information content (AvgIpc) is 2.69. The van der Waals surface area contributed by atoms with Gasteiger partial charge in [0.1, 0.15) is 0 Å². The second kappa shape index (κ2) is 7.60. The number of nitrogens with zero attached hydrogens (tertiary/aromatic N) is 3. The first kappa shape index (κ1) is 17.2. The maximum absolute atomic E-state index is 12.8. The van der Waals surface area contributed by atoms with E-state index in [9.17, 15) is 4.79 Å². The van der Waals surface area contributed by atoms with Crippen molar-refractivity contribution in [3.8, 4) is 0 Å². The second-order valence-electron chi connectivity index (χ2n) is 6.58. The Labute approximate surface area is 157 Å². The number of aryl methyl sites for hydroxylation is 1. The second-order valence-corrected chi connectivity index (χ2v) is 6.99. The Kier molecular flexibility index (Phi) is 5.04. The van der Waals surface area contributed by atoms with Crippen LogP contribution >= 0.6 is 11.6 Å². The Morgan fingerprint density at radius 3 is 2.92 bits per heavy atom. The van der Waals surface area contributed by atoms with Crippen LogP contribution in [0.15, 0.2) is 30.5 Å². The zero-order valence-electron chi connectivity index (χ0n) is 14.4. The van der Waals surface area contributed by atoms with Crippen LogP contribution in [-0.4, -0.2) is 42.2 Å². The summed E-state index contributed by atoms with van der Waals surface area (Å²) < 4.78 is 5.35. The van der Waals surface area contributed by atoms with Gasteiger partial charge in [-0.15, -0.1) is 0 Å². The normalized spacial score (nSPS) is 19.7. The Morgan fingerprint density at radius 2 is 2.08 bits per heavy atom. The maximum atomic E-state index is 12.8. The van der Waals surface area contributed by atoms with Crippen LogP contribution in [0.25, 0.3) is 0 Å². The van der Waals surface area contributed by atoms with Crippen LogP contribution in [0.4, 0.5) is 5.95 Å². The summed E-state index contributed by atoms with van der Waals surface area (Å²) in [6.45, 7) is 2.68. The molecule has 0 radical (unpaired) electrons. The molecule has 1 aromatic carbocycles. The van der Waals surface area contributed by atoms with E-state index in [0.717, 1.165) is 19.3 Å². The number of benzene rings is 1. The molecule has 2 aliphatic rings. The molecule has 1 atom stereocenters. The number of morpholine rings is 1. The smallest absolute Gasteiger partial charge is 0.272 e. The van der Waals surface area contributed by atoms with Gasteiger partial charge in [-0.3, -0.25) is 4.79 Å². The summed E-state index contributed by atoms with van der Waals surface area (Å²) in [6, 6.07) is 8.25. The monoisotopic (exact) mass is 372 g/mol. The summed E-state index contributed by atoms with van der Waals surface area (Å²) in [5, 5.41) is 3.37. The third-order valence-electron chi connectivity index (χ3n) is 4.92. The van der Waals surface area contributed by atoms with Crippen LogP contribution in [0.5, 0.6) is 0 Å². The largest absolute Gasteiger partial charge is 0.378 e. The molecule has 1 aliphatic carbocycles. The van der Waals surface area contributed by atoms with Crippen LogP contribution in [0.3, 0.4) is 0 Å². The number of halogens is 1. The number of amides is 1. The van der Waals surface area contributed by atoms with Crippen molar-refractivity contribution in [1.82, 2.24) is 15.3 Å². The van der Waals surface area contributed by atoms with E-state index in [1.54, 1.807) is 0 Å². The lowest BCUT2D eigenvalue weighted by Crippen LogP contribution is -2.38. The SMILES string of the molecule is O=C(NC1CCCc2ccccc21)c1nc(N2CCOCC2)ncc1Cl. The number of ether oxygens (including phenoxy) is 1. The molecule has 1 aliphatic heterocycles. The van der Waals surface area contributed by atoms with Gasteiger partial charge in [0, 0.05) is 13.1 Å². The standard InChI is InChI=1S/C19H21ClN4O2/c20-15-12-21-19(24-8-10-26-11-9-24)23-17(15)18(25)22-16-7-3-5-13-4-1-2-6-14(13)16/h1-2,4,6,12,16H,3,5,7-11H2,(H,22,25). The van der Waals surface area contributed by atoms with Crippen LogP contribution in [0, 0.1) is 0 Å². The first-order chi connectivity index (χ1) is 12.7. The van der Waals surface area contributed by atoms with Crippen molar-refractivity contribution in [2.24, 2.45) is 0 Å². The molecule has 6 nitrogen and oxygen atoms in total. The molecule has 1 aromatic heterocycles. The Morgan fingerprint density at radius 1 is 1.27 bits per heavy atom. The Balaban J connectivity index is 1.55. The molecule has 26 heavy (non-hydrogen) atoms. The predicted molar refractivity (Wildman–Crippen MR) is 99.7 cm³/mol. The highest BCUT2D eigenvalue weighted by Crippen LogP contribution is 2.30. The fraction of sp³-hybridized carbons (Fsp3) is 0.421. The lowest BCUT2D eigenvalue weighted by atomic mass is 9.87. The molecule has 1 saturated heterocycles. The molecule has 0 saturated carbocycles. The molecule has 1 N–H and O–H groups in total. The summed E-state index contributed by atoms with van der Waals surface area (Å²) in [5.41, 5.74) is 2.71. The van der Waals surface area contributed by atoms with E-state index in [-0.39, 0.29) is 22.7 Å². The summed E-state index contributed by atoms with van der Waals surface area (Å²) in [5.74, 6) is 0.264. The molecule has 2 aromatic rings. The van der Waals surface area contributed by atoms with Gasteiger partial charge in [0.2, 0.25) is 5.95 Å². The van der Waals surface area contributed by atoms with Gasteiger partial charge in [-0.25, -0.2) is 9.97 Å². The predicted octanol–water partition coefficient (Wildman–Crippen LogP) is 2.77. The summed E-state index contributed by atoms with van der Waals surface area (Å²) in [4.78, 5) is 23.6. The zero-order valence-corrected chi connectivity index (χ0v) is 15.2. The Hall–Kier alpha value is -2.18. The van der Waals surface area contributed by atoms with Crippen molar-refractivity contribution < 1.29 is 9.53 Å². The maximum Gasteiger partial charge on any atom is 0.272 e. The fourth-order valence-electron chi connectivity index (χ4n) is 3.56. The summed E-state index contributed by atoms with van der Waals surface area (Å²) in [7, 11) is 0. The van der Waals surface area contributed by atoms with E-state index in [0.29, 0.717) is 32.3 Å². The molecule has 0 spiro atoms. The number of aromatic nitrogens is 2. The van der Waals surface area contributed by atoms with Gasteiger partial charge in [0.15, 0.2) is 5.69 Å². The number of carbonyl (C=O) groups excluding carboxylic acids is 1. The van der Waals surface area contributed by atoms with E-state index in [1.807, 2.05) is 17.0 Å². The number of hydrogen-bond acceptors (Lipinski definition) is 5. The van der Waals surface area contributed by atoms with Gasteiger partial charge in [-0.05, 0) is 30.4 Å². The molecule has 0 bridgehead atoms. The minimum Gasteiger partial charge on any atom is -0.378 e. The molecular weight excluding hydrogens is 352 g/mol. The average molecular weight is 373 g/mol. The minimum absolute atomic E-state index is 0.00896. The van der Waals surface area contributed by atoms with E-state index >= 15 is 0 Å². The first-order valence-electron chi connectivity index (χ1n) is 8.96. The molecule has 136 valence electrons. The third kappa shape index (κ3) is 3.52. The molecule has 1 amide bonds. The van der Waals surface area contributed by atoms with Crippen LogP contribution < -0.4 is 10.2 Å². The topological polar surface area (TPSA) is 67.4 Å². The number of anilines is 1. The molecule has 1 unspecified atom stereocenters. The highest BCUT2D eigenvalue weighted by Gasteiger charge is 2.24. The highest BCUT2D eigenvalue weighted by molar-refractivity contribution is 6.33. The van der Waals surface area contributed by atoms with Crippen LogP contribution in [0.2, 0.25) is 5.02 Å². The van der Waals surface area contributed by atoms with Gasteiger partial charge >= 0.3 is 0 Å². The molecule has 2 heterocycles. The highest BCUT2D eigenvalue weighted by atomic mass is 35.5. The summed E-state index contributed by atoms with van der Waals surface area (Å²) >= 11 is 6.22. The van der Waals surface area contributed by atoms with E-state index in [1.165, 1.54) is 17.3 Å². The van der Waals surface area contributed by atoms with Crippen molar-refractivity contribution in [2.45, 2.75) is 25.3 Å². The number of fused-ring (bicyclic) bond motifs is 1. The number of carbonyl (C=O) groups is 1. The van der Waals surface area contributed by atoms with Gasteiger partial charge in [-0.1, -0.05) is 35.9 Å². The molecule has 1 fully saturated rings. The van der Waals surface area contributed by atoms with Crippen molar-refractivity contribution in [3.63, 3.8) is 0 Å². The quantitative estimate of drug-likeness (QED) is 0.897. The van der Waals surface area contributed by atoms with Gasteiger partial charge in [0.05, 0.1) is 30.5 Å². The number of hydrogen-bond donors (Lipinski definition) is 1. The van der Waals surface area contributed by atoms with Crippen molar-refractivity contribution in [2.75, 3.05) is 31.2 Å². The van der Waals surface area contributed by atoms with E-state index in [2.05, 4.69) is 27.4 Å². The molecule has 7 heteroatoms. The van der Waals surface area contributed by atoms with Gasteiger partial charge in [-0.2, -0.15) is 0 Å².